The maximum absolute atomic E-state index is 11.0. The van der Waals surface area contributed by atoms with Crippen molar-refractivity contribution in [2.24, 2.45) is 0 Å². The van der Waals surface area contributed by atoms with E-state index in [9.17, 15) is 4.79 Å². The molecule has 0 aromatic carbocycles. The monoisotopic (exact) mass is 237 g/mol. The van der Waals surface area contributed by atoms with Crippen molar-refractivity contribution in [3.63, 3.8) is 0 Å². The van der Waals surface area contributed by atoms with Crippen molar-refractivity contribution in [2.75, 3.05) is 38.7 Å². The van der Waals surface area contributed by atoms with Gasteiger partial charge in [0.25, 0.3) is 0 Å². The van der Waals surface area contributed by atoms with Crippen molar-refractivity contribution in [1.82, 2.24) is 4.31 Å². The van der Waals surface area contributed by atoms with Crippen molar-refractivity contribution in [3.8, 4) is 0 Å². The SMILES string of the molecule is CCOC(=O)CSSN1CCOCC1. The number of rotatable bonds is 5. The van der Waals surface area contributed by atoms with Gasteiger partial charge in [-0.2, -0.15) is 0 Å². The molecule has 0 aliphatic carbocycles. The van der Waals surface area contributed by atoms with Crippen molar-refractivity contribution in [2.45, 2.75) is 6.92 Å². The lowest BCUT2D eigenvalue weighted by Gasteiger charge is -2.24. The van der Waals surface area contributed by atoms with E-state index >= 15 is 0 Å². The van der Waals surface area contributed by atoms with Crippen LogP contribution in [0.15, 0.2) is 0 Å². The van der Waals surface area contributed by atoms with Crippen LogP contribution in [-0.2, 0) is 14.3 Å². The highest BCUT2D eigenvalue weighted by Gasteiger charge is 2.12. The van der Waals surface area contributed by atoms with Gasteiger partial charge in [0.15, 0.2) is 0 Å². The highest BCUT2D eigenvalue weighted by atomic mass is 33.1. The average molecular weight is 237 g/mol. The summed E-state index contributed by atoms with van der Waals surface area (Å²) < 4.78 is 12.2. The molecule has 6 heteroatoms. The Kier molecular flexibility index (Phi) is 6.42. The highest BCUT2D eigenvalue weighted by molar-refractivity contribution is 8.76. The van der Waals surface area contributed by atoms with E-state index in [4.69, 9.17) is 9.47 Å². The lowest BCUT2D eigenvalue weighted by molar-refractivity contribution is -0.139. The van der Waals surface area contributed by atoms with E-state index in [0.717, 1.165) is 26.3 Å². The third kappa shape index (κ3) is 5.09. The number of esters is 1. The zero-order chi connectivity index (χ0) is 10.2. The van der Waals surface area contributed by atoms with Gasteiger partial charge in [-0.25, -0.2) is 4.31 Å². The zero-order valence-corrected chi connectivity index (χ0v) is 9.86. The van der Waals surface area contributed by atoms with Crippen LogP contribution < -0.4 is 0 Å². The van der Waals surface area contributed by atoms with Crippen LogP contribution in [0.1, 0.15) is 6.92 Å². The van der Waals surface area contributed by atoms with E-state index in [1.807, 2.05) is 6.92 Å². The summed E-state index contributed by atoms with van der Waals surface area (Å²) in [5, 5.41) is 0. The van der Waals surface area contributed by atoms with Crippen LogP contribution in [0.2, 0.25) is 0 Å². The summed E-state index contributed by atoms with van der Waals surface area (Å²) in [7, 11) is 3.14. The smallest absolute Gasteiger partial charge is 0.316 e. The Balaban J connectivity index is 1.99. The number of hydrogen-bond acceptors (Lipinski definition) is 6. The lowest BCUT2D eigenvalue weighted by atomic mass is 10.5. The minimum atomic E-state index is -0.141. The first kappa shape index (κ1) is 12.2. The summed E-state index contributed by atoms with van der Waals surface area (Å²) in [6.45, 7) is 5.71. The summed E-state index contributed by atoms with van der Waals surface area (Å²) in [4.78, 5) is 11.0. The normalized spacial score (nSPS) is 18.1. The Hall–Kier alpha value is 0.0900. The van der Waals surface area contributed by atoms with Crippen molar-refractivity contribution >= 4 is 27.7 Å². The summed E-state index contributed by atoms with van der Waals surface area (Å²) >= 11 is 0. The molecule has 0 radical (unpaired) electrons. The van der Waals surface area contributed by atoms with Crippen LogP contribution in [0.4, 0.5) is 0 Å². The molecule has 1 aliphatic rings. The topological polar surface area (TPSA) is 38.8 Å². The van der Waals surface area contributed by atoms with E-state index < -0.39 is 0 Å². The third-order valence-corrected chi connectivity index (χ3v) is 3.95. The van der Waals surface area contributed by atoms with Crippen molar-refractivity contribution < 1.29 is 14.3 Å². The summed E-state index contributed by atoms with van der Waals surface area (Å²) in [5.41, 5.74) is 0. The van der Waals surface area contributed by atoms with Crippen LogP contribution in [0.25, 0.3) is 0 Å². The molecular weight excluding hydrogens is 222 g/mol. The van der Waals surface area contributed by atoms with E-state index in [0.29, 0.717) is 12.4 Å². The molecule has 82 valence electrons. The second-order valence-electron chi connectivity index (χ2n) is 2.68. The molecule has 0 N–H and O–H groups in total. The fourth-order valence-corrected chi connectivity index (χ4v) is 2.99. The van der Waals surface area contributed by atoms with Crippen molar-refractivity contribution in [3.05, 3.63) is 0 Å². The van der Waals surface area contributed by atoms with Crippen molar-refractivity contribution in [1.29, 1.82) is 0 Å². The molecule has 1 heterocycles. The number of nitrogens with zero attached hydrogens (tertiary/aromatic N) is 1. The molecule has 0 unspecified atom stereocenters. The predicted octanol–water partition coefficient (Wildman–Crippen LogP) is 1.18. The second kappa shape index (κ2) is 7.39. The highest BCUT2D eigenvalue weighted by Crippen LogP contribution is 2.26. The summed E-state index contributed by atoms with van der Waals surface area (Å²) in [6, 6.07) is 0. The molecule has 1 aliphatic heterocycles. The predicted molar refractivity (Wildman–Crippen MR) is 59.1 cm³/mol. The van der Waals surface area contributed by atoms with Gasteiger partial charge >= 0.3 is 5.97 Å². The van der Waals surface area contributed by atoms with Gasteiger partial charge in [0.1, 0.15) is 5.75 Å². The molecule has 0 atom stereocenters. The number of morpholine rings is 1. The fourth-order valence-electron chi connectivity index (χ4n) is 0.973. The zero-order valence-electron chi connectivity index (χ0n) is 8.23. The number of hydrogen-bond donors (Lipinski definition) is 0. The Morgan fingerprint density at radius 1 is 1.50 bits per heavy atom. The van der Waals surface area contributed by atoms with E-state index in [1.54, 1.807) is 11.0 Å². The molecule has 0 spiro atoms. The molecule has 1 saturated heterocycles. The quantitative estimate of drug-likeness (QED) is 0.406. The Morgan fingerprint density at radius 2 is 2.21 bits per heavy atom. The lowest BCUT2D eigenvalue weighted by Crippen LogP contribution is -2.30. The fraction of sp³-hybridized carbons (Fsp3) is 0.875. The Morgan fingerprint density at radius 3 is 2.86 bits per heavy atom. The van der Waals surface area contributed by atoms with E-state index in [-0.39, 0.29) is 5.97 Å². The molecule has 4 nitrogen and oxygen atoms in total. The molecular formula is C8H15NO3S2. The first-order valence-corrected chi connectivity index (χ1v) is 6.88. The van der Waals surface area contributed by atoms with E-state index in [1.165, 1.54) is 10.8 Å². The first-order valence-electron chi connectivity index (χ1n) is 4.61. The Bertz CT molecular complexity index is 174. The standard InChI is InChI=1S/C8H15NO3S2/c1-2-12-8(10)7-13-14-9-3-5-11-6-4-9/h2-7H2,1H3. The average Bonchev–Trinajstić information content (AvgIpc) is 2.20. The van der Waals surface area contributed by atoms with Crippen LogP contribution >= 0.6 is 21.8 Å². The molecule has 0 aromatic heterocycles. The minimum absolute atomic E-state index is 0.141. The minimum Gasteiger partial charge on any atom is -0.465 e. The van der Waals surface area contributed by atoms with Gasteiger partial charge in [0.05, 0.1) is 19.8 Å². The van der Waals surface area contributed by atoms with Gasteiger partial charge in [-0.05, 0) is 17.9 Å². The number of carbonyl (C=O) groups is 1. The van der Waals surface area contributed by atoms with Gasteiger partial charge in [0, 0.05) is 13.1 Å². The van der Waals surface area contributed by atoms with Gasteiger partial charge < -0.3 is 9.47 Å². The third-order valence-electron chi connectivity index (χ3n) is 1.61. The summed E-state index contributed by atoms with van der Waals surface area (Å²) in [5.74, 6) is 0.272. The van der Waals surface area contributed by atoms with Gasteiger partial charge in [-0.1, -0.05) is 10.8 Å². The van der Waals surface area contributed by atoms with Gasteiger partial charge in [-0.15, -0.1) is 0 Å². The van der Waals surface area contributed by atoms with Crippen LogP contribution in [0.5, 0.6) is 0 Å². The molecule has 0 amide bonds. The largest absolute Gasteiger partial charge is 0.465 e. The molecule has 1 rings (SSSR count). The van der Waals surface area contributed by atoms with Crippen LogP contribution in [0.3, 0.4) is 0 Å². The van der Waals surface area contributed by atoms with Gasteiger partial charge in [0.2, 0.25) is 0 Å². The first-order chi connectivity index (χ1) is 6.83. The molecule has 1 fully saturated rings. The molecule has 0 bridgehead atoms. The summed E-state index contributed by atoms with van der Waals surface area (Å²) in [6.07, 6.45) is 0. The number of ether oxygens (including phenoxy) is 2. The number of carbonyl (C=O) groups excluding carboxylic acids is 1. The maximum atomic E-state index is 11.0. The molecule has 0 aromatic rings. The van der Waals surface area contributed by atoms with E-state index in [2.05, 4.69) is 4.31 Å². The van der Waals surface area contributed by atoms with Crippen LogP contribution in [-0.4, -0.2) is 48.9 Å². The van der Waals surface area contributed by atoms with Gasteiger partial charge in [-0.3, -0.25) is 4.79 Å². The molecule has 14 heavy (non-hydrogen) atoms. The Labute approximate surface area is 92.2 Å². The second-order valence-corrected chi connectivity index (χ2v) is 5.03. The molecule has 0 saturated carbocycles. The maximum Gasteiger partial charge on any atom is 0.316 e. The van der Waals surface area contributed by atoms with Crippen LogP contribution in [0, 0.1) is 0 Å².